The lowest BCUT2D eigenvalue weighted by atomic mass is 10.00. The fourth-order valence-corrected chi connectivity index (χ4v) is 4.11. The summed E-state index contributed by atoms with van der Waals surface area (Å²) in [6, 6.07) is 8.41. The van der Waals surface area contributed by atoms with E-state index in [0.29, 0.717) is 5.56 Å². The van der Waals surface area contributed by atoms with E-state index in [1.54, 1.807) is 12.4 Å². The number of likely N-dealkylation sites (tertiary alicyclic amines) is 1. The number of fused-ring (bicyclic) bond motifs is 2. The van der Waals surface area contributed by atoms with Crippen molar-refractivity contribution in [2.75, 3.05) is 20.1 Å². The van der Waals surface area contributed by atoms with Crippen LogP contribution in [0, 0.1) is 0 Å². The molecule has 0 saturated carbocycles. The summed E-state index contributed by atoms with van der Waals surface area (Å²) < 4.78 is 1.85. The molecule has 0 unspecified atom stereocenters. The molecule has 1 N–H and O–H groups in total. The van der Waals surface area contributed by atoms with E-state index in [1.807, 2.05) is 22.8 Å². The van der Waals surface area contributed by atoms with E-state index in [1.165, 1.54) is 0 Å². The van der Waals surface area contributed by atoms with Crippen molar-refractivity contribution < 1.29 is 4.79 Å². The van der Waals surface area contributed by atoms with Crippen molar-refractivity contribution in [2.24, 2.45) is 0 Å². The zero-order chi connectivity index (χ0) is 19.1. The lowest BCUT2D eigenvalue weighted by molar-refractivity contribution is 0.0916. The van der Waals surface area contributed by atoms with Gasteiger partial charge in [-0.25, -0.2) is 4.52 Å². The molecule has 6 heteroatoms. The van der Waals surface area contributed by atoms with Gasteiger partial charge in [0, 0.05) is 36.6 Å². The summed E-state index contributed by atoms with van der Waals surface area (Å²) >= 11 is 0. The first-order valence-corrected chi connectivity index (χ1v) is 9.80. The van der Waals surface area contributed by atoms with Gasteiger partial charge in [0.25, 0.3) is 5.91 Å². The number of hydrogen-bond donors (Lipinski definition) is 1. The monoisotopic (exact) mass is 373 g/mol. The summed E-state index contributed by atoms with van der Waals surface area (Å²) in [5.41, 5.74) is 6.03. The van der Waals surface area contributed by atoms with Crippen LogP contribution in [-0.4, -0.2) is 51.6 Å². The first-order valence-electron chi connectivity index (χ1n) is 9.80. The molecule has 3 aromatic heterocycles. The topological polar surface area (TPSA) is 62.5 Å². The second-order valence-electron chi connectivity index (χ2n) is 7.71. The molecule has 142 valence electrons. The van der Waals surface area contributed by atoms with Gasteiger partial charge in [0.05, 0.1) is 16.8 Å². The van der Waals surface area contributed by atoms with Crippen LogP contribution in [-0.2, 0) is 6.42 Å². The van der Waals surface area contributed by atoms with Crippen LogP contribution in [0.25, 0.3) is 11.1 Å². The Hall–Kier alpha value is -2.99. The first-order chi connectivity index (χ1) is 13.7. The molecule has 2 aliphatic rings. The van der Waals surface area contributed by atoms with Crippen LogP contribution in [0.2, 0.25) is 0 Å². The molecule has 0 atom stereocenters. The minimum absolute atomic E-state index is 0.0256. The van der Waals surface area contributed by atoms with Crippen LogP contribution in [0.5, 0.6) is 0 Å². The number of amides is 1. The fourth-order valence-electron chi connectivity index (χ4n) is 4.11. The number of nitrogens with zero attached hydrogens (tertiary/aromatic N) is 4. The summed E-state index contributed by atoms with van der Waals surface area (Å²) in [7, 11) is 2.12. The molecule has 1 fully saturated rings. The van der Waals surface area contributed by atoms with Gasteiger partial charge in [0.1, 0.15) is 0 Å². The van der Waals surface area contributed by atoms with Crippen molar-refractivity contribution in [1.82, 2.24) is 24.8 Å². The molecule has 3 aromatic rings. The molecule has 5 rings (SSSR count). The molecule has 0 bridgehead atoms. The van der Waals surface area contributed by atoms with Crippen molar-refractivity contribution >= 4 is 17.0 Å². The van der Waals surface area contributed by atoms with Crippen molar-refractivity contribution in [2.45, 2.75) is 25.3 Å². The zero-order valence-electron chi connectivity index (χ0n) is 15.9. The predicted octanol–water partition coefficient (Wildman–Crippen LogP) is 2.54. The van der Waals surface area contributed by atoms with Crippen molar-refractivity contribution in [3.05, 3.63) is 71.3 Å². The van der Waals surface area contributed by atoms with Gasteiger partial charge in [-0.2, -0.15) is 5.10 Å². The molecule has 1 amide bonds. The molecule has 1 aliphatic carbocycles. The van der Waals surface area contributed by atoms with Crippen LogP contribution in [0.15, 0.2) is 48.9 Å². The highest BCUT2D eigenvalue weighted by Gasteiger charge is 2.22. The Labute approximate surface area is 163 Å². The Morgan fingerprint density at radius 1 is 1.21 bits per heavy atom. The highest BCUT2D eigenvalue weighted by molar-refractivity contribution is 5.96. The average molecular weight is 373 g/mol. The molecule has 1 saturated heterocycles. The van der Waals surface area contributed by atoms with E-state index in [2.05, 4.69) is 45.6 Å². The maximum absolute atomic E-state index is 12.8. The zero-order valence-corrected chi connectivity index (χ0v) is 15.9. The van der Waals surface area contributed by atoms with Crippen molar-refractivity contribution in [1.29, 1.82) is 0 Å². The maximum Gasteiger partial charge on any atom is 0.253 e. The second kappa shape index (κ2) is 6.87. The Kier molecular flexibility index (Phi) is 4.20. The third-order valence-corrected chi connectivity index (χ3v) is 5.79. The summed E-state index contributed by atoms with van der Waals surface area (Å²) in [6.07, 6.45) is 10.5. The lowest BCUT2D eigenvalue weighted by Gasteiger charge is -2.29. The van der Waals surface area contributed by atoms with Gasteiger partial charge in [-0.1, -0.05) is 6.08 Å². The third-order valence-electron chi connectivity index (χ3n) is 5.79. The molecule has 28 heavy (non-hydrogen) atoms. The highest BCUT2D eigenvalue weighted by Crippen LogP contribution is 2.32. The van der Waals surface area contributed by atoms with Crippen molar-refractivity contribution in [3.63, 3.8) is 0 Å². The second-order valence-corrected chi connectivity index (χ2v) is 7.71. The molecule has 0 aromatic carbocycles. The summed E-state index contributed by atoms with van der Waals surface area (Å²) in [5, 5.41) is 7.44. The maximum atomic E-state index is 12.8. The number of rotatable bonds is 3. The van der Waals surface area contributed by atoms with Gasteiger partial charge >= 0.3 is 0 Å². The van der Waals surface area contributed by atoms with Gasteiger partial charge in [-0.05, 0) is 68.4 Å². The quantitative estimate of drug-likeness (QED) is 0.766. The molecule has 0 radical (unpaired) electrons. The SMILES string of the molecule is CN1CCC(NC(=O)c2cnc3c(c2)C(c2ccn4nccc4c2)=CC3)CC1. The van der Waals surface area contributed by atoms with Crippen LogP contribution < -0.4 is 5.32 Å². The van der Waals surface area contributed by atoms with E-state index in [9.17, 15) is 4.79 Å². The summed E-state index contributed by atoms with van der Waals surface area (Å²) in [4.78, 5) is 19.7. The standard InChI is InChI=1S/C22H23N5O/c1-26-9-6-17(7-10-26)25-22(28)16-13-20-19(2-3-21(20)23-14-16)15-5-11-27-18(12-15)4-8-24-27/h2,4-5,8,11-14,17H,3,6-7,9-10H2,1H3,(H,25,28). The third kappa shape index (κ3) is 3.10. The van der Waals surface area contributed by atoms with Crippen molar-refractivity contribution in [3.8, 4) is 0 Å². The van der Waals surface area contributed by atoms with Gasteiger partial charge in [0.2, 0.25) is 0 Å². The van der Waals surface area contributed by atoms with Gasteiger partial charge in [0.15, 0.2) is 0 Å². The van der Waals surface area contributed by atoms with Gasteiger partial charge < -0.3 is 10.2 Å². The molecular formula is C22H23N5O. The number of aromatic nitrogens is 3. The Morgan fingerprint density at radius 3 is 2.93 bits per heavy atom. The number of allylic oxidation sites excluding steroid dienone is 1. The molecule has 6 nitrogen and oxygen atoms in total. The average Bonchev–Trinajstić information content (AvgIpc) is 3.35. The van der Waals surface area contributed by atoms with E-state index >= 15 is 0 Å². The van der Waals surface area contributed by atoms with Crippen LogP contribution in [0.1, 0.15) is 40.0 Å². The highest BCUT2D eigenvalue weighted by atomic mass is 16.1. The van der Waals surface area contributed by atoms with Crippen LogP contribution in [0.4, 0.5) is 0 Å². The van der Waals surface area contributed by atoms with Crippen LogP contribution in [0.3, 0.4) is 0 Å². The minimum atomic E-state index is -0.0256. The van der Waals surface area contributed by atoms with E-state index in [-0.39, 0.29) is 11.9 Å². The number of nitrogens with one attached hydrogen (secondary N) is 1. The molecule has 0 spiro atoms. The number of pyridine rings is 2. The van der Waals surface area contributed by atoms with E-state index in [4.69, 9.17) is 0 Å². The van der Waals surface area contributed by atoms with Crippen LogP contribution >= 0.6 is 0 Å². The predicted molar refractivity (Wildman–Crippen MR) is 108 cm³/mol. The number of carbonyl (C=O) groups is 1. The van der Waals surface area contributed by atoms with Gasteiger partial charge in [-0.15, -0.1) is 0 Å². The van der Waals surface area contributed by atoms with E-state index < -0.39 is 0 Å². The lowest BCUT2D eigenvalue weighted by Crippen LogP contribution is -2.43. The normalized spacial score (nSPS) is 17.5. The summed E-state index contributed by atoms with van der Waals surface area (Å²) in [5.74, 6) is -0.0256. The summed E-state index contributed by atoms with van der Waals surface area (Å²) in [6.45, 7) is 2.05. The Bertz CT molecular complexity index is 1080. The fraction of sp³-hybridized carbons (Fsp3) is 0.318. The minimum Gasteiger partial charge on any atom is -0.349 e. The first kappa shape index (κ1) is 17.1. The van der Waals surface area contributed by atoms with Gasteiger partial charge in [-0.3, -0.25) is 9.78 Å². The Balaban J connectivity index is 1.39. The van der Waals surface area contributed by atoms with E-state index in [0.717, 1.165) is 60.3 Å². The number of hydrogen-bond acceptors (Lipinski definition) is 4. The smallest absolute Gasteiger partial charge is 0.253 e. The number of piperidine rings is 1. The molecule has 4 heterocycles. The Morgan fingerprint density at radius 2 is 2.07 bits per heavy atom. The molecule has 1 aliphatic heterocycles. The number of carbonyl (C=O) groups excluding carboxylic acids is 1. The molecular weight excluding hydrogens is 350 g/mol. The largest absolute Gasteiger partial charge is 0.349 e.